The molecule has 8 nitrogen and oxygen atoms in total. The predicted octanol–water partition coefficient (Wildman–Crippen LogP) is -0.379. The summed E-state index contributed by atoms with van der Waals surface area (Å²) in [5.41, 5.74) is 6.74. The molecule has 92 valence electrons. The molecule has 0 aliphatic carbocycles. The number of rotatable bonds is 4. The van der Waals surface area contributed by atoms with Crippen LogP contribution in [-0.4, -0.2) is 18.5 Å². The molecule has 0 radical (unpaired) electrons. The van der Waals surface area contributed by atoms with E-state index in [0.29, 0.717) is 0 Å². The Balaban J connectivity index is 3.03. The number of hydrazine groups is 1. The first-order chi connectivity index (χ1) is 7.83. The number of nitro groups is 1. The number of nitro benzene ring substituents is 1. The Morgan fingerprint density at radius 1 is 1.47 bits per heavy atom. The van der Waals surface area contributed by atoms with Crippen LogP contribution in [0.2, 0.25) is 0 Å². The van der Waals surface area contributed by atoms with Crippen molar-refractivity contribution in [3.63, 3.8) is 0 Å². The zero-order valence-electron chi connectivity index (χ0n) is 8.28. The molecule has 0 saturated carbocycles. The molecule has 0 atom stereocenters. The number of benzene rings is 1. The summed E-state index contributed by atoms with van der Waals surface area (Å²) in [6, 6.07) is 4.56. The molecule has 1 aromatic rings. The molecule has 0 bridgehead atoms. The molecule has 10 heteroatoms. The molecule has 0 amide bonds. The van der Waals surface area contributed by atoms with Crippen LogP contribution in [-0.2, 0) is 10.0 Å². The van der Waals surface area contributed by atoms with Crippen molar-refractivity contribution in [3.8, 4) is 0 Å². The second-order valence-corrected chi connectivity index (χ2v) is 4.97. The van der Waals surface area contributed by atoms with Gasteiger partial charge in [-0.2, -0.15) is 0 Å². The molecule has 1 rings (SSSR count). The second-order valence-electron chi connectivity index (χ2n) is 2.85. The third kappa shape index (κ3) is 3.62. The Bertz CT molecular complexity index is 557. The predicted molar refractivity (Wildman–Crippen MR) is 63.3 cm³/mol. The maximum absolute atomic E-state index is 11.6. The van der Waals surface area contributed by atoms with Crippen LogP contribution in [0.15, 0.2) is 29.2 Å². The molecule has 0 unspecified atom stereocenters. The monoisotopic (exact) mass is 276 g/mol. The average molecular weight is 276 g/mol. The zero-order chi connectivity index (χ0) is 13.1. The molecule has 0 fully saturated rings. The van der Waals surface area contributed by atoms with E-state index in [1.54, 1.807) is 0 Å². The number of nitrogens with one attached hydrogen (secondary N) is 2. The third-order valence-corrected chi connectivity index (χ3v) is 2.99. The molecular formula is C7H8N4O4S2. The first kappa shape index (κ1) is 13.3. The van der Waals surface area contributed by atoms with Gasteiger partial charge in [0.2, 0.25) is 0 Å². The normalized spacial score (nSPS) is 10.8. The summed E-state index contributed by atoms with van der Waals surface area (Å²) in [7, 11) is -3.94. The Hall–Kier alpha value is -1.78. The van der Waals surface area contributed by atoms with Crippen LogP contribution in [0.25, 0.3) is 0 Å². The van der Waals surface area contributed by atoms with E-state index in [2.05, 4.69) is 12.2 Å². The van der Waals surface area contributed by atoms with Crippen molar-refractivity contribution < 1.29 is 13.3 Å². The molecule has 1 aromatic carbocycles. The van der Waals surface area contributed by atoms with E-state index < -0.39 is 14.9 Å². The fraction of sp³-hybridized carbons (Fsp3) is 0. The van der Waals surface area contributed by atoms with Crippen LogP contribution in [0.4, 0.5) is 5.69 Å². The smallest absolute Gasteiger partial charge is 0.270 e. The zero-order valence-corrected chi connectivity index (χ0v) is 9.92. The van der Waals surface area contributed by atoms with E-state index in [1.165, 1.54) is 18.2 Å². The van der Waals surface area contributed by atoms with Gasteiger partial charge in [0.15, 0.2) is 5.11 Å². The van der Waals surface area contributed by atoms with Crippen molar-refractivity contribution in [3.05, 3.63) is 34.4 Å². The van der Waals surface area contributed by atoms with Gasteiger partial charge in [0.25, 0.3) is 15.7 Å². The van der Waals surface area contributed by atoms with Gasteiger partial charge in [-0.3, -0.25) is 15.5 Å². The van der Waals surface area contributed by atoms with Gasteiger partial charge in [0.1, 0.15) is 0 Å². The highest BCUT2D eigenvalue weighted by Crippen LogP contribution is 2.16. The van der Waals surface area contributed by atoms with Crippen LogP contribution in [0.5, 0.6) is 0 Å². The lowest BCUT2D eigenvalue weighted by Gasteiger charge is -2.07. The maximum Gasteiger partial charge on any atom is 0.270 e. The molecule has 0 spiro atoms. The Kier molecular flexibility index (Phi) is 3.93. The van der Waals surface area contributed by atoms with Crippen molar-refractivity contribution in [1.29, 1.82) is 0 Å². The quantitative estimate of drug-likeness (QED) is 0.388. The van der Waals surface area contributed by atoms with E-state index in [0.717, 1.165) is 6.07 Å². The molecule has 0 heterocycles. The molecule has 4 N–H and O–H groups in total. The van der Waals surface area contributed by atoms with Gasteiger partial charge >= 0.3 is 0 Å². The number of hydrogen-bond donors (Lipinski definition) is 3. The second kappa shape index (κ2) is 5.03. The van der Waals surface area contributed by atoms with Gasteiger partial charge in [-0.25, -0.2) is 8.42 Å². The fourth-order valence-electron chi connectivity index (χ4n) is 0.941. The summed E-state index contributed by atoms with van der Waals surface area (Å²) >= 11 is 4.41. The van der Waals surface area contributed by atoms with Crippen LogP contribution in [0.1, 0.15) is 0 Å². The van der Waals surface area contributed by atoms with E-state index in [4.69, 9.17) is 5.73 Å². The Morgan fingerprint density at radius 2 is 2.12 bits per heavy atom. The minimum atomic E-state index is -3.94. The van der Waals surface area contributed by atoms with Crippen molar-refractivity contribution in [2.24, 2.45) is 5.73 Å². The van der Waals surface area contributed by atoms with Gasteiger partial charge in [0, 0.05) is 12.1 Å². The van der Waals surface area contributed by atoms with Gasteiger partial charge in [-0.05, 0) is 18.3 Å². The number of non-ortho nitro benzene ring substituents is 1. The Labute approximate surface area is 102 Å². The summed E-state index contributed by atoms with van der Waals surface area (Å²) in [6.45, 7) is 0. The molecule has 0 aliphatic rings. The van der Waals surface area contributed by atoms with Crippen molar-refractivity contribution >= 4 is 33.0 Å². The minimum absolute atomic E-state index is 0.265. The van der Waals surface area contributed by atoms with Crippen LogP contribution >= 0.6 is 12.2 Å². The Morgan fingerprint density at radius 3 is 2.65 bits per heavy atom. The van der Waals surface area contributed by atoms with Crippen molar-refractivity contribution in [2.45, 2.75) is 4.90 Å². The number of nitrogens with zero attached hydrogens (tertiary/aromatic N) is 1. The number of sulfonamides is 1. The molecule has 17 heavy (non-hydrogen) atoms. The maximum atomic E-state index is 11.6. The van der Waals surface area contributed by atoms with E-state index in [9.17, 15) is 18.5 Å². The molecule has 0 aromatic heterocycles. The SMILES string of the molecule is NC(=S)NNS(=O)(=O)c1cccc([N+](=O)[O-])c1. The van der Waals surface area contributed by atoms with Gasteiger partial charge in [-0.1, -0.05) is 6.07 Å². The number of hydrogen-bond acceptors (Lipinski definition) is 5. The highest BCUT2D eigenvalue weighted by molar-refractivity contribution is 7.89. The molecule has 0 aliphatic heterocycles. The fourth-order valence-corrected chi connectivity index (χ4v) is 1.95. The van der Waals surface area contributed by atoms with E-state index >= 15 is 0 Å². The van der Waals surface area contributed by atoms with Crippen LogP contribution < -0.4 is 16.0 Å². The summed E-state index contributed by atoms with van der Waals surface area (Å²) in [6.07, 6.45) is 0. The highest BCUT2D eigenvalue weighted by Gasteiger charge is 2.17. The van der Waals surface area contributed by atoms with Crippen LogP contribution in [0, 0.1) is 10.1 Å². The first-order valence-electron chi connectivity index (χ1n) is 4.14. The average Bonchev–Trinajstić information content (AvgIpc) is 2.27. The van der Waals surface area contributed by atoms with Gasteiger partial charge in [-0.15, -0.1) is 4.83 Å². The minimum Gasteiger partial charge on any atom is -0.375 e. The molecular weight excluding hydrogens is 268 g/mol. The van der Waals surface area contributed by atoms with Crippen molar-refractivity contribution in [2.75, 3.05) is 0 Å². The first-order valence-corrected chi connectivity index (χ1v) is 6.04. The van der Waals surface area contributed by atoms with Gasteiger partial charge in [0.05, 0.1) is 9.82 Å². The summed E-state index contributed by atoms with van der Waals surface area (Å²) < 4.78 is 23.2. The molecule has 0 saturated heterocycles. The topological polar surface area (TPSA) is 127 Å². The van der Waals surface area contributed by atoms with Crippen molar-refractivity contribution in [1.82, 2.24) is 10.3 Å². The standard InChI is InChI=1S/C7H8N4O4S2/c8-7(16)9-10-17(14,15)6-3-1-2-5(4-6)11(12)13/h1-4,10H,(H3,8,9,16). The summed E-state index contributed by atoms with van der Waals surface area (Å²) in [5, 5.41) is 10.2. The lowest BCUT2D eigenvalue weighted by Crippen LogP contribution is -2.44. The lowest BCUT2D eigenvalue weighted by molar-refractivity contribution is -0.385. The van der Waals surface area contributed by atoms with Gasteiger partial charge < -0.3 is 5.73 Å². The highest BCUT2D eigenvalue weighted by atomic mass is 32.2. The third-order valence-electron chi connectivity index (χ3n) is 1.65. The lowest BCUT2D eigenvalue weighted by atomic mass is 10.3. The van der Waals surface area contributed by atoms with Crippen LogP contribution in [0.3, 0.4) is 0 Å². The largest absolute Gasteiger partial charge is 0.375 e. The van der Waals surface area contributed by atoms with E-state index in [1.807, 2.05) is 10.3 Å². The summed E-state index contributed by atoms with van der Waals surface area (Å²) in [4.78, 5) is 11.4. The number of thiocarbonyl (C=S) groups is 1. The number of nitrogens with two attached hydrogens (primary N) is 1. The van der Waals surface area contributed by atoms with E-state index in [-0.39, 0.29) is 15.7 Å². The summed E-state index contributed by atoms with van der Waals surface area (Å²) in [5.74, 6) is 0.